The number of carbonyl (C=O) groups excluding carboxylic acids is 1. The second kappa shape index (κ2) is 9.47. The van der Waals surface area contributed by atoms with E-state index in [0.29, 0.717) is 12.2 Å². The third-order valence-corrected chi connectivity index (χ3v) is 3.97. The Kier molecular flexibility index (Phi) is 7.95. The van der Waals surface area contributed by atoms with Crippen molar-refractivity contribution in [1.29, 1.82) is 0 Å². The molecule has 0 unspecified atom stereocenters. The van der Waals surface area contributed by atoms with Crippen LogP contribution in [0, 0.1) is 6.92 Å². The van der Waals surface area contributed by atoms with Gasteiger partial charge in [-0.25, -0.2) is 4.68 Å². The smallest absolute Gasteiger partial charge is 0.276 e. The molecule has 0 fully saturated rings. The topological polar surface area (TPSA) is 75.9 Å². The van der Waals surface area contributed by atoms with Gasteiger partial charge in [-0.1, -0.05) is 11.3 Å². The Labute approximate surface area is 164 Å². The van der Waals surface area contributed by atoms with Crippen molar-refractivity contribution in [1.82, 2.24) is 30.2 Å². The van der Waals surface area contributed by atoms with E-state index in [9.17, 15) is 4.79 Å². The highest BCUT2D eigenvalue weighted by atomic mass is 35.5. The molecule has 0 radical (unpaired) electrons. The van der Waals surface area contributed by atoms with Crippen LogP contribution in [0.4, 0.5) is 0 Å². The molecular weight excluding hydrogens is 375 g/mol. The molecule has 0 saturated heterocycles. The highest BCUT2D eigenvalue weighted by molar-refractivity contribution is 5.93. The molecule has 3 rings (SSSR count). The zero-order valence-electron chi connectivity index (χ0n) is 14.8. The summed E-state index contributed by atoms with van der Waals surface area (Å²) in [5.41, 5.74) is 2.87. The number of nitrogens with one attached hydrogen (secondary N) is 1. The summed E-state index contributed by atoms with van der Waals surface area (Å²) in [6.45, 7) is 3.20. The van der Waals surface area contributed by atoms with Gasteiger partial charge in [0.1, 0.15) is 0 Å². The monoisotopic (exact) mass is 396 g/mol. The Bertz CT molecular complexity index is 883. The number of nitrogens with zero attached hydrogens (tertiary/aromatic N) is 5. The Morgan fingerprint density at radius 2 is 2.04 bits per heavy atom. The van der Waals surface area contributed by atoms with Gasteiger partial charge in [-0.15, -0.1) is 29.9 Å². The van der Waals surface area contributed by atoms with Gasteiger partial charge in [0.15, 0.2) is 5.69 Å². The van der Waals surface area contributed by atoms with Crippen LogP contribution in [0.25, 0.3) is 16.6 Å². The zero-order chi connectivity index (χ0) is 17.1. The summed E-state index contributed by atoms with van der Waals surface area (Å²) in [6.07, 6.45) is 1.76. The third-order valence-electron chi connectivity index (χ3n) is 3.97. The van der Waals surface area contributed by atoms with E-state index in [1.165, 1.54) is 0 Å². The molecule has 0 aliphatic rings. The van der Waals surface area contributed by atoms with Crippen molar-refractivity contribution in [3.63, 3.8) is 0 Å². The van der Waals surface area contributed by atoms with Gasteiger partial charge in [0.25, 0.3) is 5.91 Å². The molecule has 0 aliphatic carbocycles. The number of rotatable bonds is 5. The summed E-state index contributed by atoms with van der Waals surface area (Å²) in [7, 11) is 3.62. The minimum Gasteiger partial charge on any atom is -0.339 e. The lowest BCUT2D eigenvalue weighted by atomic mass is 10.2. The van der Waals surface area contributed by atoms with Crippen molar-refractivity contribution in [2.24, 2.45) is 0 Å². The number of halogens is 2. The summed E-state index contributed by atoms with van der Waals surface area (Å²) in [4.78, 5) is 18.5. The number of amides is 1. The fourth-order valence-electron chi connectivity index (χ4n) is 2.53. The Balaban J connectivity index is 0.00000169. The first-order chi connectivity index (χ1) is 11.6. The molecule has 2 heterocycles. The molecular formula is C17H22Cl2N6O. The Morgan fingerprint density at radius 3 is 2.77 bits per heavy atom. The van der Waals surface area contributed by atoms with E-state index in [1.54, 1.807) is 22.8 Å². The van der Waals surface area contributed by atoms with Gasteiger partial charge in [-0.3, -0.25) is 9.78 Å². The van der Waals surface area contributed by atoms with Gasteiger partial charge in [0.2, 0.25) is 0 Å². The van der Waals surface area contributed by atoms with Crippen molar-refractivity contribution in [2.45, 2.75) is 6.92 Å². The summed E-state index contributed by atoms with van der Waals surface area (Å²) in [5, 5.41) is 12.3. The van der Waals surface area contributed by atoms with Crippen LogP contribution < -0.4 is 5.32 Å². The van der Waals surface area contributed by atoms with Crippen LogP contribution in [0.2, 0.25) is 0 Å². The summed E-state index contributed by atoms with van der Waals surface area (Å²) in [5.74, 6) is -0.128. The van der Waals surface area contributed by atoms with Crippen LogP contribution in [0.15, 0.2) is 36.5 Å². The summed E-state index contributed by atoms with van der Waals surface area (Å²) < 4.78 is 1.69. The number of likely N-dealkylation sites (N-methyl/N-ethyl adjacent to an activating group) is 2. The van der Waals surface area contributed by atoms with E-state index < -0.39 is 0 Å². The van der Waals surface area contributed by atoms with Crippen molar-refractivity contribution in [3.8, 4) is 5.69 Å². The SMILES string of the molecule is CNCCN(C)C(=O)c1nnn(-c2ccc3ncccc3c2)c1C.Cl.Cl. The lowest BCUT2D eigenvalue weighted by Crippen LogP contribution is -2.33. The van der Waals surface area contributed by atoms with Crippen molar-refractivity contribution < 1.29 is 4.79 Å². The maximum absolute atomic E-state index is 12.5. The predicted molar refractivity (Wildman–Crippen MR) is 107 cm³/mol. The molecule has 0 atom stereocenters. The van der Waals surface area contributed by atoms with Crippen LogP contribution in [0.3, 0.4) is 0 Å². The number of benzene rings is 1. The molecule has 1 amide bonds. The first kappa shape index (κ1) is 21.8. The second-order valence-electron chi connectivity index (χ2n) is 5.65. The van der Waals surface area contributed by atoms with E-state index in [4.69, 9.17) is 0 Å². The van der Waals surface area contributed by atoms with Crippen LogP contribution in [0.1, 0.15) is 16.2 Å². The van der Waals surface area contributed by atoms with Crippen LogP contribution in [-0.2, 0) is 0 Å². The number of carbonyl (C=O) groups is 1. The van der Waals surface area contributed by atoms with Gasteiger partial charge in [-0.05, 0) is 38.2 Å². The molecule has 1 N–H and O–H groups in total. The number of pyridine rings is 1. The van der Waals surface area contributed by atoms with Crippen molar-refractivity contribution >= 4 is 41.6 Å². The molecule has 1 aromatic carbocycles. The molecule has 0 bridgehead atoms. The average Bonchev–Trinajstić information content (AvgIpc) is 3.00. The minimum atomic E-state index is -0.128. The molecule has 140 valence electrons. The highest BCUT2D eigenvalue weighted by Gasteiger charge is 2.20. The fourth-order valence-corrected chi connectivity index (χ4v) is 2.53. The van der Waals surface area contributed by atoms with E-state index in [-0.39, 0.29) is 30.7 Å². The lowest BCUT2D eigenvalue weighted by Gasteiger charge is -2.15. The molecule has 3 aromatic rings. The fraction of sp³-hybridized carbons (Fsp3) is 0.294. The Hall–Kier alpha value is -2.22. The minimum absolute atomic E-state index is 0. The van der Waals surface area contributed by atoms with E-state index in [2.05, 4.69) is 20.6 Å². The van der Waals surface area contributed by atoms with Gasteiger partial charge in [0.05, 0.1) is 16.9 Å². The van der Waals surface area contributed by atoms with Gasteiger partial charge in [-0.2, -0.15) is 0 Å². The molecule has 9 heteroatoms. The standard InChI is InChI=1S/C17H20N6O.2ClH/c1-12-16(17(24)22(3)10-9-18-2)20-21-23(12)14-6-7-15-13(11-14)5-4-8-19-15;;/h4-8,11,18H,9-10H2,1-3H3;2*1H. The zero-order valence-corrected chi connectivity index (χ0v) is 16.5. The number of aromatic nitrogens is 4. The van der Waals surface area contributed by atoms with Crippen molar-refractivity contribution in [2.75, 3.05) is 27.2 Å². The maximum Gasteiger partial charge on any atom is 0.276 e. The van der Waals surface area contributed by atoms with Gasteiger partial charge < -0.3 is 10.2 Å². The molecule has 26 heavy (non-hydrogen) atoms. The van der Waals surface area contributed by atoms with E-state index in [0.717, 1.165) is 28.8 Å². The van der Waals surface area contributed by atoms with E-state index >= 15 is 0 Å². The largest absolute Gasteiger partial charge is 0.339 e. The molecule has 0 spiro atoms. The van der Waals surface area contributed by atoms with Gasteiger partial charge in [0, 0.05) is 31.7 Å². The van der Waals surface area contributed by atoms with Crippen LogP contribution in [0.5, 0.6) is 0 Å². The average molecular weight is 397 g/mol. The quantitative estimate of drug-likeness (QED) is 0.715. The first-order valence-corrected chi connectivity index (χ1v) is 7.79. The predicted octanol–water partition coefficient (Wildman–Crippen LogP) is 2.26. The normalized spacial score (nSPS) is 10.1. The molecule has 0 saturated carbocycles. The molecule has 0 aliphatic heterocycles. The van der Waals surface area contributed by atoms with Crippen molar-refractivity contribution in [3.05, 3.63) is 47.9 Å². The number of hydrogen-bond donors (Lipinski definition) is 1. The first-order valence-electron chi connectivity index (χ1n) is 7.79. The second-order valence-corrected chi connectivity index (χ2v) is 5.65. The lowest BCUT2D eigenvalue weighted by molar-refractivity contribution is 0.0790. The van der Waals surface area contributed by atoms with Crippen LogP contribution in [-0.4, -0.2) is 58.0 Å². The summed E-state index contributed by atoms with van der Waals surface area (Å²) in [6, 6.07) is 9.74. The number of fused-ring (bicyclic) bond motifs is 1. The third kappa shape index (κ3) is 4.30. The molecule has 7 nitrogen and oxygen atoms in total. The highest BCUT2D eigenvalue weighted by Crippen LogP contribution is 2.18. The van der Waals surface area contributed by atoms with Crippen LogP contribution >= 0.6 is 24.8 Å². The Morgan fingerprint density at radius 1 is 1.27 bits per heavy atom. The van der Waals surface area contributed by atoms with Gasteiger partial charge >= 0.3 is 0 Å². The van der Waals surface area contributed by atoms with E-state index in [1.807, 2.05) is 44.3 Å². The summed E-state index contributed by atoms with van der Waals surface area (Å²) >= 11 is 0. The maximum atomic E-state index is 12.5. The molecule has 2 aromatic heterocycles. The number of hydrogen-bond acceptors (Lipinski definition) is 5.